The van der Waals surface area contributed by atoms with Gasteiger partial charge >= 0.3 is 0 Å². The average Bonchev–Trinajstić information content (AvgIpc) is 3.75. The molecule has 2 aliphatic rings. The highest BCUT2D eigenvalue weighted by molar-refractivity contribution is 5.98. The van der Waals surface area contributed by atoms with Gasteiger partial charge in [0, 0.05) is 0 Å². The van der Waals surface area contributed by atoms with Gasteiger partial charge in [-0.3, -0.25) is 0 Å². The molecule has 1 spiro atoms. The summed E-state index contributed by atoms with van der Waals surface area (Å²) in [6.07, 6.45) is 0. The van der Waals surface area contributed by atoms with Crippen LogP contribution in [0.3, 0.4) is 0 Å². The molecule has 57 heavy (non-hydrogen) atoms. The van der Waals surface area contributed by atoms with E-state index in [0.717, 1.165) is 0 Å². The van der Waals surface area contributed by atoms with Gasteiger partial charge in [-0.15, -0.1) is 0 Å². The van der Waals surface area contributed by atoms with Gasteiger partial charge in [0.25, 0.3) is 0 Å². The Morgan fingerprint density at radius 2 is 0.491 bits per heavy atom. The smallest absolute Gasteiger partial charge is 0.0622 e. The molecule has 0 heteroatoms. The SMILES string of the molecule is c1ccc(-c2ccc3cc(-c4ccc5c(c4)C4(c6ccccc6-c6ccccc64)c4cc(-c6ccc7cc(-c8ccccc8)ccc7c6)ccc4-5)ccc3c2)cc1. The Labute approximate surface area is 333 Å². The van der Waals surface area contributed by atoms with E-state index in [4.69, 9.17) is 0 Å². The van der Waals surface area contributed by atoms with Gasteiger partial charge in [-0.05, 0) is 147 Å². The van der Waals surface area contributed by atoms with Crippen LogP contribution in [0, 0.1) is 0 Å². The van der Waals surface area contributed by atoms with E-state index < -0.39 is 5.41 Å². The van der Waals surface area contributed by atoms with Crippen LogP contribution >= 0.6 is 0 Å². The summed E-state index contributed by atoms with van der Waals surface area (Å²) in [6.45, 7) is 0. The molecule has 0 amide bonds. The van der Waals surface area contributed by atoms with E-state index in [1.165, 1.54) is 111 Å². The Morgan fingerprint density at radius 3 is 0.895 bits per heavy atom. The minimum absolute atomic E-state index is 0.438. The fourth-order valence-corrected chi connectivity index (χ4v) is 9.97. The van der Waals surface area contributed by atoms with Crippen molar-refractivity contribution in [2.75, 3.05) is 0 Å². The maximum absolute atomic E-state index is 2.49. The summed E-state index contributed by atoms with van der Waals surface area (Å²) >= 11 is 0. The monoisotopic (exact) mass is 720 g/mol. The Hall–Kier alpha value is -7.28. The van der Waals surface area contributed by atoms with E-state index in [0.29, 0.717) is 0 Å². The van der Waals surface area contributed by atoms with E-state index in [9.17, 15) is 0 Å². The average molecular weight is 721 g/mol. The first-order valence-corrected chi connectivity index (χ1v) is 19.9. The molecule has 10 aromatic carbocycles. The standard InChI is InChI=1S/C57H36/c1-3-11-37(12-4-1)39-19-21-43-33-45(25-23-41(43)31-39)47-27-29-51-52-30-28-48(46-26-24-42-32-40(20-22-44(42)34-46)38-13-5-2-6-14-38)36-56(52)57(55(51)35-47)53-17-9-7-15-49(53)50-16-8-10-18-54(50)57/h1-36H. The van der Waals surface area contributed by atoms with Gasteiger partial charge in [-0.2, -0.15) is 0 Å². The lowest BCUT2D eigenvalue weighted by atomic mass is 9.70. The van der Waals surface area contributed by atoms with E-state index in [-0.39, 0.29) is 0 Å². The third-order valence-corrected chi connectivity index (χ3v) is 12.7. The molecule has 0 heterocycles. The van der Waals surface area contributed by atoms with Crippen LogP contribution < -0.4 is 0 Å². The molecule has 10 aromatic rings. The quantitative estimate of drug-likeness (QED) is 0.170. The Morgan fingerprint density at radius 1 is 0.193 bits per heavy atom. The molecule has 0 aliphatic heterocycles. The minimum atomic E-state index is -0.438. The van der Waals surface area contributed by atoms with Gasteiger partial charge in [0.2, 0.25) is 0 Å². The predicted molar refractivity (Wildman–Crippen MR) is 239 cm³/mol. The molecule has 0 fully saturated rings. The summed E-state index contributed by atoms with van der Waals surface area (Å²) in [4.78, 5) is 0. The van der Waals surface area contributed by atoms with Gasteiger partial charge in [0.15, 0.2) is 0 Å². The van der Waals surface area contributed by atoms with E-state index in [1.807, 2.05) is 0 Å². The Kier molecular flexibility index (Phi) is 6.94. The summed E-state index contributed by atoms with van der Waals surface area (Å²) in [5, 5.41) is 5.00. The van der Waals surface area contributed by atoms with Crippen molar-refractivity contribution in [1.82, 2.24) is 0 Å². The molecule has 0 bridgehead atoms. The van der Waals surface area contributed by atoms with Crippen molar-refractivity contribution in [3.63, 3.8) is 0 Å². The highest BCUT2D eigenvalue weighted by Gasteiger charge is 2.51. The first-order chi connectivity index (χ1) is 28.2. The first-order valence-electron chi connectivity index (χ1n) is 19.9. The maximum Gasteiger partial charge on any atom is 0.0725 e. The summed E-state index contributed by atoms with van der Waals surface area (Å²) in [5.74, 6) is 0. The van der Waals surface area contributed by atoms with Crippen molar-refractivity contribution in [1.29, 1.82) is 0 Å². The molecule has 0 atom stereocenters. The zero-order chi connectivity index (χ0) is 37.5. The predicted octanol–water partition coefficient (Wildman–Crippen LogP) is 15.0. The van der Waals surface area contributed by atoms with Crippen LogP contribution in [-0.2, 0) is 5.41 Å². The molecule has 2 aliphatic carbocycles. The van der Waals surface area contributed by atoms with E-state index in [1.54, 1.807) is 0 Å². The number of rotatable bonds is 4. The van der Waals surface area contributed by atoms with E-state index >= 15 is 0 Å². The number of fused-ring (bicyclic) bond motifs is 12. The molecule has 0 saturated carbocycles. The van der Waals surface area contributed by atoms with Gasteiger partial charge in [0.1, 0.15) is 0 Å². The summed E-state index contributed by atoms with van der Waals surface area (Å²) in [5.41, 5.74) is 20.2. The fourth-order valence-electron chi connectivity index (χ4n) is 9.97. The van der Waals surface area contributed by atoms with E-state index in [2.05, 4.69) is 218 Å². The summed E-state index contributed by atoms with van der Waals surface area (Å²) in [7, 11) is 0. The highest BCUT2D eigenvalue weighted by Crippen LogP contribution is 2.63. The van der Waals surface area contributed by atoms with Crippen molar-refractivity contribution in [3.8, 4) is 66.8 Å². The largest absolute Gasteiger partial charge is 0.0725 e. The fraction of sp³-hybridized carbons (Fsp3) is 0.0175. The second-order valence-corrected chi connectivity index (χ2v) is 15.6. The molecule has 0 nitrogen and oxygen atoms in total. The molecular formula is C57H36. The van der Waals surface area contributed by atoms with Crippen LogP contribution in [0.5, 0.6) is 0 Å². The maximum atomic E-state index is 2.49. The third kappa shape index (κ3) is 4.81. The second kappa shape index (κ2) is 12.4. The minimum Gasteiger partial charge on any atom is -0.0622 e. The lowest BCUT2D eigenvalue weighted by Gasteiger charge is -2.31. The van der Waals surface area contributed by atoms with Crippen LogP contribution in [0.15, 0.2) is 218 Å². The molecule has 0 N–H and O–H groups in total. The molecule has 0 aromatic heterocycles. The van der Waals surface area contributed by atoms with Crippen molar-refractivity contribution < 1.29 is 0 Å². The topological polar surface area (TPSA) is 0 Å². The van der Waals surface area contributed by atoms with Gasteiger partial charge in [-0.1, -0.05) is 182 Å². The number of hydrogen-bond acceptors (Lipinski definition) is 0. The zero-order valence-corrected chi connectivity index (χ0v) is 31.3. The normalized spacial score (nSPS) is 13.1. The van der Waals surface area contributed by atoms with Crippen LogP contribution in [-0.4, -0.2) is 0 Å². The van der Waals surface area contributed by atoms with Gasteiger partial charge in [0.05, 0.1) is 5.41 Å². The zero-order valence-electron chi connectivity index (χ0n) is 31.3. The van der Waals surface area contributed by atoms with Crippen LogP contribution in [0.4, 0.5) is 0 Å². The number of benzene rings is 10. The lowest BCUT2D eigenvalue weighted by Crippen LogP contribution is -2.26. The Balaban J connectivity index is 1.02. The van der Waals surface area contributed by atoms with Crippen LogP contribution in [0.2, 0.25) is 0 Å². The van der Waals surface area contributed by atoms with Crippen molar-refractivity contribution in [3.05, 3.63) is 241 Å². The second-order valence-electron chi connectivity index (χ2n) is 15.6. The molecule has 264 valence electrons. The van der Waals surface area contributed by atoms with Crippen LogP contribution in [0.25, 0.3) is 88.3 Å². The first kappa shape index (κ1) is 32.0. The number of hydrogen-bond donors (Lipinski definition) is 0. The van der Waals surface area contributed by atoms with Crippen molar-refractivity contribution in [2.24, 2.45) is 0 Å². The van der Waals surface area contributed by atoms with Gasteiger partial charge in [-0.25, -0.2) is 0 Å². The summed E-state index contributed by atoms with van der Waals surface area (Å²) < 4.78 is 0. The molecule has 0 unspecified atom stereocenters. The van der Waals surface area contributed by atoms with Crippen molar-refractivity contribution >= 4 is 21.5 Å². The molecule has 0 saturated heterocycles. The molecule has 0 radical (unpaired) electrons. The summed E-state index contributed by atoms with van der Waals surface area (Å²) in [6, 6.07) is 81.4. The molecular weight excluding hydrogens is 685 g/mol. The third-order valence-electron chi connectivity index (χ3n) is 12.7. The Bertz CT molecular complexity index is 3000. The molecule has 12 rings (SSSR count). The lowest BCUT2D eigenvalue weighted by molar-refractivity contribution is 0.794. The van der Waals surface area contributed by atoms with Gasteiger partial charge < -0.3 is 0 Å². The van der Waals surface area contributed by atoms with Crippen LogP contribution in [0.1, 0.15) is 22.3 Å². The van der Waals surface area contributed by atoms with Crippen molar-refractivity contribution in [2.45, 2.75) is 5.41 Å². The highest BCUT2D eigenvalue weighted by atomic mass is 14.5.